The number of thiazole rings is 1. The third-order valence-corrected chi connectivity index (χ3v) is 7.04. The molecule has 34 heavy (non-hydrogen) atoms. The number of pyridine rings is 1. The van der Waals surface area contributed by atoms with Crippen molar-refractivity contribution in [3.05, 3.63) is 74.9 Å². The quantitative estimate of drug-likeness (QED) is 0.474. The van der Waals surface area contributed by atoms with Crippen molar-refractivity contribution in [1.29, 1.82) is 0 Å². The number of aromatic nitrogens is 2. The van der Waals surface area contributed by atoms with E-state index in [1.54, 1.807) is 26.2 Å². The molecule has 178 valence electrons. The molecule has 2 N–H and O–H groups in total. The first-order valence-electron chi connectivity index (χ1n) is 11.6. The largest absolute Gasteiger partial charge is 0.481 e. The second-order valence-corrected chi connectivity index (χ2v) is 9.73. The molecule has 1 aliphatic heterocycles. The lowest BCUT2D eigenvalue weighted by Crippen LogP contribution is -2.21. The van der Waals surface area contributed by atoms with E-state index in [2.05, 4.69) is 17.4 Å². The van der Waals surface area contributed by atoms with Crippen LogP contribution in [0.4, 0.5) is 5.82 Å². The lowest BCUT2D eigenvalue weighted by atomic mass is 9.95. The highest BCUT2D eigenvalue weighted by Crippen LogP contribution is 2.31. The van der Waals surface area contributed by atoms with Crippen molar-refractivity contribution < 1.29 is 14.7 Å². The van der Waals surface area contributed by atoms with Crippen LogP contribution >= 0.6 is 11.3 Å². The van der Waals surface area contributed by atoms with E-state index in [0.717, 1.165) is 66.4 Å². The van der Waals surface area contributed by atoms with Gasteiger partial charge in [0, 0.05) is 43.2 Å². The SMILES string of the molecule is CN(C)C(=O)c1ccc(C(CC(=O)O)c2nc(CCCc3ccc4c(n3)NCCC4)cs2)cc1. The average Bonchev–Trinajstić information content (AvgIpc) is 3.30. The standard InChI is InChI=1S/C26H30N4O3S/c1-30(2)26(33)19-10-8-17(9-11-19)22(15-23(31)32)25-29-21(16-34-25)7-3-6-20-13-12-18-5-4-14-27-24(18)28-20/h8-13,16,22H,3-7,14-15H2,1-2H3,(H,27,28)(H,31,32). The first-order valence-corrected chi connectivity index (χ1v) is 12.5. The fourth-order valence-electron chi connectivity index (χ4n) is 4.19. The Labute approximate surface area is 203 Å². The molecule has 0 saturated heterocycles. The molecule has 0 radical (unpaired) electrons. The fraction of sp³-hybridized carbons (Fsp3) is 0.385. The molecule has 2 aromatic heterocycles. The summed E-state index contributed by atoms with van der Waals surface area (Å²) in [6, 6.07) is 11.5. The van der Waals surface area contributed by atoms with E-state index < -0.39 is 5.97 Å². The number of benzene rings is 1. The first kappa shape index (κ1) is 23.9. The third-order valence-electron chi connectivity index (χ3n) is 6.03. The topological polar surface area (TPSA) is 95.4 Å². The molecule has 4 rings (SSSR count). The molecule has 1 aromatic carbocycles. The summed E-state index contributed by atoms with van der Waals surface area (Å²) >= 11 is 1.50. The van der Waals surface area contributed by atoms with Gasteiger partial charge >= 0.3 is 5.97 Å². The van der Waals surface area contributed by atoms with Crippen LogP contribution < -0.4 is 5.32 Å². The molecule has 3 aromatic rings. The van der Waals surface area contributed by atoms with E-state index in [1.165, 1.54) is 21.8 Å². The van der Waals surface area contributed by atoms with Crippen molar-refractivity contribution in [2.75, 3.05) is 26.0 Å². The van der Waals surface area contributed by atoms with Crippen LogP contribution in [0.3, 0.4) is 0 Å². The number of aryl methyl sites for hydroxylation is 3. The lowest BCUT2D eigenvalue weighted by molar-refractivity contribution is -0.137. The number of carboxylic acids is 1. The van der Waals surface area contributed by atoms with Crippen LogP contribution in [0.5, 0.6) is 0 Å². The predicted octanol–water partition coefficient (Wildman–Crippen LogP) is 4.38. The summed E-state index contributed by atoms with van der Waals surface area (Å²) in [5, 5.41) is 15.7. The van der Waals surface area contributed by atoms with Gasteiger partial charge < -0.3 is 15.3 Å². The highest BCUT2D eigenvalue weighted by Gasteiger charge is 2.22. The van der Waals surface area contributed by atoms with Crippen molar-refractivity contribution >= 4 is 29.0 Å². The Balaban J connectivity index is 1.41. The Bertz CT molecular complexity index is 1160. The normalized spacial score (nSPS) is 13.6. The number of hydrogen-bond donors (Lipinski definition) is 2. The molecule has 1 amide bonds. The van der Waals surface area contributed by atoms with E-state index in [4.69, 9.17) is 9.97 Å². The minimum absolute atomic E-state index is 0.0417. The van der Waals surface area contributed by atoms with E-state index in [0.29, 0.717) is 5.56 Å². The number of anilines is 1. The van der Waals surface area contributed by atoms with Gasteiger partial charge in [0.15, 0.2) is 0 Å². The zero-order valence-electron chi connectivity index (χ0n) is 19.6. The molecule has 7 nitrogen and oxygen atoms in total. The Morgan fingerprint density at radius 3 is 2.59 bits per heavy atom. The smallest absolute Gasteiger partial charge is 0.304 e. The summed E-state index contributed by atoms with van der Waals surface area (Å²) in [4.78, 5) is 34.8. The minimum atomic E-state index is -0.873. The molecule has 8 heteroatoms. The Hall–Kier alpha value is -3.26. The first-order chi connectivity index (χ1) is 16.4. The van der Waals surface area contributed by atoms with Crippen LogP contribution in [0.1, 0.15) is 63.1 Å². The van der Waals surface area contributed by atoms with Gasteiger partial charge in [0.1, 0.15) is 10.8 Å². The van der Waals surface area contributed by atoms with Crippen molar-refractivity contribution in [3.63, 3.8) is 0 Å². The minimum Gasteiger partial charge on any atom is -0.481 e. The van der Waals surface area contributed by atoms with Gasteiger partial charge in [-0.2, -0.15) is 0 Å². The molecule has 0 saturated carbocycles. The fourth-order valence-corrected chi connectivity index (χ4v) is 5.18. The Morgan fingerprint density at radius 2 is 1.85 bits per heavy atom. The molecule has 0 fully saturated rings. The third kappa shape index (κ3) is 5.80. The zero-order valence-corrected chi connectivity index (χ0v) is 20.4. The van der Waals surface area contributed by atoms with E-state index in [1.807, 2.05) is 17.5 Å². The highest BCUT2D eigenvalue weighted by molar-refractivity contribution is 7.09. The van der Waals surface area contributed by atoms with Gasteiger partial charge in [-0.25, -0.2) is 9.97 Å². The number of carboxylic acid groups (broad SMARTS) is 1. The van der Waals surface area contributed by atoms with E-state index in [9.17, 15) is 14.7 Å². The monoisotopic (exact) mass is 478 g/mol. The van der Waals surface area contributed by atoms with Crippen molar-refractivity contribution in [3.8, 4) is 0 Å². The summed E-state index contributed by atoms with van der Waals surface area (Å²) in [6.45, 7) is 0.983. The van der Waals surface area contributed by atoms with Crippen LogP contribution in [0, 0.1) is 0 Å². The number of amides is 1. The van der Waals surface area contributed by atoms with E-state index >= 15 is 0 Å². The number of aliphatic carboxylic acids is 1. The maximum Gasteiger partial charge on any atom is 0.304 e. The summed E-state index contributed by atoms with van der Waals surface area (Å²) in [7, 11) is 3.41. The average molecular weight is 479 g/mol. The number of hydrogen-bond acceptors (Lipinski definition) is 6. The Morgan fingerprint density at radius 1 is 1.09 bits per heavy atom. The number of nitrogens with zero attached hydrogens (tertiary/aromatic N) is 3. The zero-order chi connectivity index (χ0) is 24.1. The van der Waals surface area contributed by atoms with Gasteiger partial charge in [-0.3, -0.25) is 9.59 Å². The maximum atomic E-state index is 12.2. The maximum absolute atomic E-state index is 12.2. The highest BCUT2D eigenvalue weighted by atomic mass is 32.1. The van der Waals surface area contributed by atoms with Gasteiger partial charge in [-0.05, 0) is 61.4 Å². The number of nitrogens with one attached hydrogen (secondary N) is 1. The molecule has 0 aliphatic carbocycles. The summed E-state index contributed by atoms with van der Waals surface area (Å²) in [5.41, 5.74) is 4.78. The van der Waals surface area contributed by atoms with Crippen molar-refractivity contribution in [2.45, 2.75) is 44.4 Å². The van der Waals surface area contributed by atoms with Gasteiger partial charge in [0.2, 0.25) is 0 Å². The lowest BCUT2D eigenvalue weighted by Gasteiger charge is -2.17. The van der Waals surface area contributed by atoms with Crippen molar-refractivity contribution in [2.24, 2.45) is 0 Å². The van der Waals surface area contributed by atoms with Crippen LogP contribution in [-0.2, 0) is 24.1 Å². The van der Waals surface area contributed by atoms with E-state index in [-0.39, 0.29) is 18.2 Å². The number of carbonyl (C=O) groups excluding carboxylic acids is 1. The summed E-state index contributed by atoms with van der Waals surface area (Å²) in [6.07, 6.45) is 4.82. The van der Waals surface area contributed by atoms with Gasteiger partial charge in [-0.15, -0.1) is 11.3 Å². The van der Waals surface area contributed by atoms with Gasteiger partial charge in [0.05, 0.1) is 12.1 Å². The molecule has 1 unspecified atom stereocenters. The number of rotatable bonds is 9. The van der Waals surface area contributed by atoms with Crippen LogP contribution in [0.2, 0.25) is 0 Å². The van der Waals surface area contributed by atoms with Crippen LogP contribution in [0.25, 0.3) is 0 Å². The summed E-state index contributed by atoms with van der Waals surface area (Å²) < 4.78 is 0. The second-order valence-electron chi connectivity index (χ2n) is 8.84. The molecule has 0 spiro atoms. The predicted molar refractivity (Wildman–Crippen MR) is 134 cm³/mol. The summed E-state index contributed by atoms with van der Waals surface area (Å²) in [5.74, 6) is -0.271. The molecule has 1 aliphatic rings. The molecular formula is C26H30N4O3S. The number of fused-ring (bicyclic) bond motifs is 1. The molecule has 1 atom stereocenters. The molecular weight excluding hydrogens is 448 g/mol. The van der Waals surface area contributed by atoms with Crippen LogP contribution in [-0.4, -0.2) is 52.5 Å². The Kier molecular flexibility index (Phi) is 7.57. The number of carbonyl (C=O) groups is 2. The van der Waals surface area contributed by atoms with Crippen LogP contribution in [0.15, 0.2) is 41.8 Å². The second kappa shape index (κ2) is 10.8. The van der Waals surface area contributed by atoms with Gasteiger partial charge in [0.25, 0.3) is 5.91 Å². The molecule has 3 heterocycles. The molecule has 0 bridgehead atoms. The van der Waals surface area contributed by atoms with Crippen molar-refractivity contribution in [1.82, 2.24) is 14.9 Å². The van der Waals surface area contributed by atoms with Gasteiger partial charge in [-0.1, -0.05) is 18.2 Å².